The summed E-state index contributed by atoms with van der Waals surface area (Å²) < 4.78 is 0. The van der Waals surface area contributed by atoms with Crippen LogP contribution in [-0.2, 0) is 4.79 Å². The fraction of sp³-hybridized carbons (Fsp3) is 0.727. The van der Waals surface area contributed by atoms with Crippen LogP contribution in [0.3, 0.4) is 0 Å². The largest absolute Gasteiger partial charge is 0.478 e. The molecule has 0 spiro atoms. The molecule has 0 aromatic heterocycles. The van der Waals surface area contributed by atoms with Crippen LogP contribution >= 0.6 is 0 Å². The third-order valence-electron chi connectivity index (χ3n) is 3.06. The number of hydrogen-bond donors (Lipinski definition) is 3. The lowest BCUT2D eigenvalue weighted by Gasteiger charge is -2.27. The molecule has 3 N–H and O–H groups in total. The van der Waals surface area contributed by atoms with E-state index in [9.17, 15) is 4.79 Å². The minimum atomic E-state index is -1.23. The number of aliphatic hydroxyl groups excluding tert-OH is 1. The maximum Gasteiger partial charge on any atom is 0.330 e. The summed E-state index contributed by atoms with van der Waals surface area (Å²) in [5.41, 5.74) is 0.378. The number of carboxylic acids is 1. The first-order chi connectivity index (χ1) is 7.00. The number of aliphatic hydroxyl groups is 2. The van der Waals surface area contributed by atoms with Crippen molar-refractivity contribution in [3.05, 3.63) is 11.6 Å². The fourth-order valence-electron chi connectivity index (χ4n) is 2.03. The van der Waals surface area contributed by atoms with E-state index >= 15 is 0 Å². The Labute approximate surface area is 89.2 Å². The molecule has 1 aliphatic carbocycles. The van der Waals surface area contributed by atoms with E-state index in [-0.39, 0.29) is 11.8 Å². The quantitative estimate of drug-likeness (QED) is 0.486. The molecule has 1 fully saturated rings. The Morgan fingerprint density at radius 3 is 2.20 bits per heavy atom. The fourth-order valence-corrected chi connectivity index (χ4v) is 2.03. The Bertz CT molecular complexity index is 249. The van der Waals surface area contributed by atoms with Crippen LogP contribution < -0.4 is 0 Å². The molecular weight excluding hydrogens is 196 g/mol. The SMILES string of the molecule is C/C(=C\C1CCC(C(O)O)CC1)C(=O)O. The van der Waals surface area contributed by atoms with Crippen LogP contribution in [-0.4, -0.2) is 27.6 Å². The first-order valence-electron chi connectivity index (χ1n) is 5.28. The van der Waals surface area contributed by atoms with Gasteiger partial charge in [0.25, 0.3) is 0 Å². The number of hydrogen-bond acceptors (Lipinski definition) is 3. The van der Waals surface area contributed by atoms with Gasteiger partial charge in [0.2, 0.25) is 0 Å². The highest BCUT2D eigenvalue weighted by molar-refractivity contribution is 5.85. The minimum Gasteiger partial charge on any atom is -0.478 e. The molecule has 15 heavy (non-hydrogen) atoms. The van der Waals surface area contributed by atoms with Crippen molar-refractivity contribution >= 4 is 5.97 Å². The summed E-state index contributed by atoms with van der Waals surface area (Å²) in [7, 11) is 0. The molecule has 0 unspecified atom stereocenters. The second-order valence-corrected chi connectivity index (χ2v) is 4.24. The molecule has 0 radical (unpaired) electrons. The first kappa shape index (κ1) is 12.2. The predicted octanol–water partition coefficient (Wildman–Crippen LogP) is 1.13. The Kier molecular flexibility index (Phi) is 4.29. The highest BCUT2D eigenvalue weighted by atomic mass is 16.5. The van der Waals surface area contributed by atoms with Crippen LogP contribution in [0.4, 0.5) is 0 Å². The molecule has 1 rings (SSSR count). The molecule has 0 aliphatic heterocycles. The van der Waals surface area contributed by atoms with E-state index in [1.54, 1.807) is 13.0 Å². The molecule has 0 heterocycles. The van der Waals surface area contributed by atoms with Gasteiger partial charge in [-0.15, -0.1) is 0 Å². The summed E-state index contributed by atoms with van der Waals surface area (Å²) in [4.78, 5) is 10.6. The third kappa shape index (κ3) is 3.64. The lowest BCUT2D eigenvalue weighted by atomic mass is 9.81. The maximum absolute atomic E-state index is 10.6. The van der Waals surface area contributed by atoms with Gasteiger partial charge in [0.15, 0.2) is 6.29 Å². The summed E-state index contributed by atoms with van der Waals surface area (Å²) in [6, 6.07) is 0. The van der Waals surface area contributed by atoms with Crippen LogP contribution in [0.2, 0.25) is 0 Å². The van der Waals surface area contributed by atoms with E-state index in [2.05, 4.69) is 0 Å². The molecule has 86 valence electrons. The number of allylic oxidation sites excluding steroid dienone is 1. The summed E-state index contributed by atoms with van der Waals surface area (Å²) in [6.07, 6.45) is 3.75. The highest BCUT2D eigenvalue weighted by Crippen LogP contribution is 2.31. The monoisotopic (exact) mass is 214 g/mol. The van der Waals surface area contributed by atoms with Crippen molar-refractivity contribution in [2.45, 2.75) is 38.9 Å². The lowest BCUT2D eigenvalue weighted by Crippen LogP contribution is -2.24. The normalized spacial score (nSPS) is 28.1. The van der Waals surface area contributed by atoms with E-state index in [0.29, 0.717) is 5.57 Å². The van der Waals surface area contributed by atoms with Gasteiger partial charge in [-0.25, -0.2) is 4.79 Å². The Morgan fingerprint density at radius 2 is 1.80 bits per heavy atom. The first-order valence-corrected chi connectivity index (χ1v) is 5.28. The van der Waals surface area contributed by atoms with Crippen LogP contribution in [0.5, 0.6) is 0 Å². The molecule has 4 heteroatoms. The standard InChI is InChI=1S/C11H18O4/c1-7(10(12)13)6-8-2-4-9(5-3-8)11(14)15/h6,8-9,11,14-15H,2-5H2,1H3,(H,12,13)/b7-6+. The minimum absolute atomic E-state index is 0.0419. The second kappa shape index (κ2) is 5.28. The van der Waals surface area contributed by atoms with E-state index < -0.39 is 12.3 Å². The van der Waals surface area contributed by atoms with Crippen LogP contribution in [0.25, 0.3) is 0 Å². The molecule has 0 aromatic carbocycles. The number of aliphatic carboxylic acids is 1. The Morgan fingerprint density at radius 1 is 1.27 bits per heavy atom. The van der Waals surface area contributed by atoms with Gasteiger partial charge in [0, 0.05) is 11.5 Å². The van der Waals surface area contributed by atoms with Crippen molar-refractivity contribution in [1.82, 2.24) is 0 Å². The topological polar surface area (TPSA) is 77.8 Å². The maximum atomic E-state index is 10.6. The number of carboxylic acid groups (broad SMARTS) is 1. The highest BCUT2D eigenvalue weighted by Gasteiger charge is 2.24. The van der Waals surface area contributed by atoms with Gasteiger partial charge in [0.05, 0.1) is 0 Å². The zero-order valence-electron chi connectivity index (χ0n) is 8.89. The van der Waals surface area contributed by atoms with Crippen molar-refractivity contribution in [2.75, 3.05) is 0 Å². The van der Waals surface area contributed by atoms with Crippen molar-refractivity contribution in [1.29, 1.82) is 0 Å². The van der Waals surface area contributed by atoms with Gasteiger partial charge in [-0.1, -0.05) is 6.08 Å². The molecule has 4 nitrogen and oxygen atoms in total. The third-order valence-corrected chi connectivity index (χ3v) is 3.06. The van der Waals surface area contributed by atoms with E-state index in [0.717, 1.165) is 25.7 Å². The van der Waals surface area contributed by atoms with Crippen molar-refractivity contribution in [2.24, 2.45) is 11.8 Å². The summed E-state index contributed by atoms with van der Waals surface area (Å²) in [6.45, 7) is 1.59. The molecular formula is C11H18O4. The van der Waals surface area contributed by atoms with Gasteiger partial charge in [-0.2, -0.15) is 0 Å². The average molecular weight is 214 g/mol. The van der Waals surface area contributed by atoms with Crippen LogP contribution in [0.1, 0.15) is 32.6 Å². The Balaban J connectivity index is 2.44. The molecule has 0 bridgehead atoms. The van der Waals surface area contributed by atoms with Gasteiger partial charge in [-0.05, 0) is 38.5 Å². The Hall–Kier alpha value is -0.870. The van der Waals surface area contributed by atoms with Crippen LogP contribution in [0.15, 0.2) is 11.6 Å². The summed E-state index contributed by atoms with van der Waals surface area (Å²) in [5, 5.41) is 26.7. The van der Waals surface area contributed by atoms with Gasteiger partial charge < -0.3 is 15.3 Å². The molecule has 0 amide bonds. The smallest absolute Gasteiger partial charge is 0.330 e. The van der Waals surface area contributed by atoms with E-state index in [4.69, 9.17) is 15.3 Å². The predicted molar refractivity (Wildman–Crippen MR) is 55.1 cm³/mol. The molecule has 0 saturated heterocycles. The number of carbonyl (C=O) groups is 1. The summed E-state index contributed by atoms with van der Waals surface area (Å²) in [5.74, 6) is -0.643. The lowest BCUT2D eigenvalue weighted by molar-refractivity contribution is -0.132. The van der Waals surface area contributed by atoms with E-state index in [1.807, 2.05) is 0 Å². The van der Waals surface area contributed by atoms with Crippen LogP contribution in [0, 0.1) is 11.8 Å². The molecule has 1 aliphatic rings. The molecule has 0 aromatic rings. The van der Waals surface area contributed by atoms with Crippen molar-refractivity contribution in [3.63, 3.8) is 0 Å². The zero-order valence-corrected chi connectivity index (χ0v) is 8.89. The van der Waals surface area contributed by atoms with Gasteiger partial charge in [0.1, 0.15) is 0 Å². The van der Waals surface area contributed by atoms with E-state index in [1.165, 1.54) is 0 Å². The second-order valence-electron chi connectivity index (χ2n) is 4.24. The summed E-state index contributed by atoms with van der Waals surface area (Å²) >= 11 is 0. The number of rotatable bonds is 3. The van der Waals surface area contributed by atoms with Gasteiger partial charge >= 0.3 is 5.97 Å². The van der Waals surface area contributed by atoms with Gasteiger partial charge in [-0.3, -0.25) is 0 Å². The van der Waals surface area contributed by atoms with Crippen molar-refractivity contribution in [3.8, 4) is 0 Å². The average Bonchev–Trinajstić information content (AvgIpc) is 2.18. The molecule has 1 saturated carbocycles. The van der Waals surface area contributed by atoms with Crippen molar-refractivity contribution < 1.29 is 20.1 Å². The zero-order chi connectivity index (χ0) is 11.4. The molecule has 0 atom stereocenters.